The molecule has 0 aliphatic heterocycles. The Morgan fingerprint density at radius 2 is 1.82 bits per heavy atom. The molecule has 28 heavy (non-hydrogen) atoms. The van der Waals surface area contributed by atoms with Gasteiger partial charge in [0.1, 0.15) is 17.5 Å². The van der Waals surface area contributed by atoms with E-state index in [2.05, 4.69) is 25.6 Å². The van der Waals surface area contributed by atoms with Crippen LogP contribution in [-0.4, -0.2) is 21.2 Å². The maximum atomic E-state index is 12.4. The van der Waals surface area contributed by atoms with Crippen molar-refractivity contribution in [3.05, 3.63) is 76.8 Å². The first-order valence-corrected chi connectivity index (χ1v) is 9.98. The third-order valence-electron chi connectivity index (χ3n) is 4.28. The lowest BCUT2D eigenvalue weighted by Crippen LogP contribution is -2.10. The Morgan fingerprint density at radius 3 is 2.57 bits per heavy atom. The van der Waals surface area contributed by atoms with E-state index in [4.69, 9.17) is 0 Å². The molecule has 0 saturated heterocycles. The molecular formula is C21H19N5OS. The molecule has 4 aromatic rings. The number of nitrogens with zero attached hydrogens (tertiary/aromatic N) is 2. The largest absolute Gasteiger partial charge is 0.339 e. The summed E-state index contributed by atoms with van der Waals surface area (Å²) in [5, 5.41) is 7.80. The van der Waals surface area contributed by atoms with Crippen molar-refractivity contribution in [2.45, 2.75) is 11.8 Å². The van der Waals surface area contributed by atoms with Crippen LogP contribution >= 0.6 is 11.8 Å². The highest BCUT2D eigenvalue weighted by molar-refractivity contribution is 7.98. The number of hydrogen-bond acceptors (Lipinski definition) is 6. The molecule has 3 N–H and O–H groups in total. The van der Waals surface area contributed by atoms with Gasteiger partial charge in [0.2, 0.25) is 0 Å². The molecule has 6 nitrogen and oxygen atoms in total. The van der Waals surface area contributed by atoms with Crippen LogP contribution in [0.15, 0.2) is 70.6 Å². The molecule has 0 unspecified atom stereocenters. The standard InChI is InChI=1S/C21H19N5OS/c1-13-7-9-22-17(11-13)25-18-12-14-8-10-23-21(27)19(14)20(26-18)24-15-3-5-16(28-2)6-4-15/h3-12H,1-2H3,(H,23,27)(H2,22,24,25,26). The third-order valence-corrected chi connectivity index (χ3v) is 5.02. The number of hydrogen-bond donors (Lipinski definition) is 3. The predicted octanol–water partition coefficient (Wildman–Crippen LogP) is 4.84. The molecule has 0 amide bonds. The predicted molar refractivity (Wildman–Crippen MR) is 116 cm³/mol. The fraction of sp³-hybridized carbons (Fsp3) is 0.0952. The maximum Gasteiger partial charge on any atom is 0.259 e. The van der Waals surface area contributed by atoms with Crippen LogP contribution in [0.2, 0.25) is 0 Å². The van der Waals surface area contributed by atoms with Crippen molar-refractivity contribution >= 4 is 45.7 Å². The average molecular weight is 389 g/mol. The zero-order valence-electron chi connectivity index (χ0n) is 15.5. The zero-order valence-corrected chi connectivity index (χ0v) is 16.3. The SMILES string of the molecule is CSc1ccc(Nc2nc(Nc3cc(C)ccn3)cc3cc[nH]c(=O)c23)cc1. The fourth-order valence-electron chi connectivity index (χ4n) is 2.92. The summed E-state index contributed by atoms with van der Waals surface area (Å²) in [6.45, 7) is 2.01. The number of benzene rings is 1. The van der Waals surface area contributed by atoms with E-state index in [-0.39, 0.29) is 5.56 Å². The molecule has 0 saturated carbocycles. The number of aromatic amines is 1. The average Bonchev–Trinajstić information content (AvgIpc) is 2.68. The molecule has 140 valence electrons. The van der Waals surface area contributed by atoms with Gasteiger partial charge in [0.05, 0.1) is 5.39 Å². The number of fused-ring (bicyclic) bond motifs is 1. The van der Waals surface area contributed by atoms with Crippen molar-refractivity contribution in [1.29, 1.82) is 0 Å². The van der Waals surface area contributed by atoms with Crippen LogP contribution in [0, 0.1) is 6.92 Å². The number of H-pyrrole nitrogens is 1. The van der Waals surface area contributed by atoms with E-state index in [9.17, 15) is 4.79 Å². The highest BCUT2D eigenvalue weighted by Gasteiger charge is 2.11. The lowest BCUT2D eigenvalue weighted by molar-refractivity contribution is 1.23. The van der Waals surface area contributed by atoms with Crippen LogP contribution < -0.4 is 16.2 Å². The molecule has 0 aliphatic rings. The van der Waals surface area contributed by atoms with Gasteiger partial charge in [-0.2, -0.15) is 0 Å². The molecule has 3 aromatic heterocycles. The molecule has 0 atom stereocenters. The third kappa shape index (κ3) is 3.84. The van der Waals surface area contributed by atoms with Gasteiger partial charge in [0.15, 0.2) is 0 Å². The second-order valence-electron chi connectivity index (χ2n) is 6.32. The van der Waals surface area contributed by atoms with Crippen LogP contribution in [0.4, 0.5) is 23.1 Å². The first-order valence-electron chi connectivity index (χ1n) is 8.75. The fourth-order valence-corrected chi connectivity index (χ4v) is 3.32. The highest BCUT2D eigenvalue weighted by atomic mass is 32.2. The van der Waals surface area contributed by atoms with Crippen LogP contribution in [-0.2, 0) is 0 Å². The number of aryl methyl sites for hydroxylation is 1. The summed E-state index contributed by atoms with van der Waals surface area (Å²) >= 11 is 1.68. The molecule has 0 spiro atoms. The summed E-state index contributed by atoms with van der Waals surface area (Å²) in [4.78, 5) is 25.3. The summed E-state index contributed by atoms with van der Waals surface area (Å²) < 4.78 is 0. The number of aromatic nitrogens is 3. The molecule has 0 radical (unpaired) electrons. The first-order chi connectivity index (χ1) is 13.6. The normalized spacial score (nSPS) is 10.8. The van der Waals surface area contributed by atoms with Gasteiger partial charge in [-0.15, -0.1) is 11.8 Å². The van der Waals surface area contributed by atoms with Gasteiger partial charge < -0.3 is 15.6 Å². The minimum absolute atomic E-state index is 0.187. The van der Waals surface area contributed by atoms with Crippen molar-refractivity contribution in [3.8, 4) is 0 Å². The van der Waals surface area contributed by atoms with Gasteiger partial charge in [-0.05, 0) is 72.7 Å². The van der Waals surface area contributed by atoms with Gasteiger partial charge in [0, 0.05) is 23.0 Å². The van der Waals surface area contributed by atoms with E-state index < -0.39 is 0 Å². The Balaban J connectivity index is 1.77. The summed E-state index contributed by atoms with van der Waals surface area (Å²) in [5.74, 6) is 1.80. The quantitative estimate of drug-likeness (QED) is 0.424. The Morgan fingerprint density at radius 1 is 1.00 bits per heavy atom. The van der Waals surface area contributed by atoms with Crippen LogP contribution in [0.5, 0.6) is 0 Å². The Hall–Kier alpha value is -3.32. The van der Waals surface area contributed by atoms with Crippen LogP contribution in [0.3, 0.4) is 0 Å². The summed E-state index contributed by atoms with van der Waals surface area (Å²) in [6.07, 6.45) is 5.41. The Labute approximate surface area is 166 Å². The second-order valence-corrected chi connectivity index (χ2v) is 7.20. The molecule has 3 heterocycles. The van der Waals surface area contributed by atoms with Gasteiger partial charge in [-0.3, -0.25) is 4.79 Å². The minimum atomic E-state index is -0.187. The van der Waals surface area contributed by atoms with E-state index in [0.717, 1.165) is 16.6 Å². The maximum absolute atomic E-state index is 12.4. The lowest BCUT2D eigenvalue weighted by atomic mass is 10.2. The van der Waals surface area contributed by atoms with Gasteiger partial charge in [-0.1, -0.05) is 0 Å². The number of nitrogens with one attached hydrogen (secondary N) is 3. The van der Waals surface area contributed by atoms with E-state index in [1.165, 1.54) is 4.90 Å². The summed E-state index contributed by atoms with van der Waals surface area (Å²) in [5.41, 5.74) is 1.77. The van der Waals surface area contributed by atoms with Crippen LogP contribution in [0.25, 0.3) is 10.8 Å². The Kier molecular flexibility index (Phi) is 4.99. The smallest absolute Gasteiger partial charge is 0.259 e. The van der Waals surface area contributed by atoms with Crippen molar-refractivity contribution in [2.24, 2.45) is 0 Å². The highest BCUT2D eigenvalue weighted by Crippen LogP contribution is 2.27. The van der Waals surface area contributed by atoms with Crippen molar-refractivity contribution in [3.63, 3.8) is 0 Å². The summed E-state index contributed by atoms with van der Waals surface area (Å²) in [7, 11) is 0. The van der Waals surface area contributed by atoms with E-state index in [0.29, 0.717) is 22.8 Å². The number of anilines is 4. The Bertz CT molecular complexity index is 1190. The van der Waals surface area contributed by atoms with Crippen molar-refractivity contribution in [2.75, 3.05) is 16.9 Å². The summed E-state index contributed by atoms with van der Waals surface area (Å²) in [6, 6.07) is 15.6. The van der Waals surface area contributed by atoms with Crippen molar-refractivity contribution < 1.29 is 0 Å². The number of rotatable bonds is 5. The van der Waals surface area contributed by atoms with E-state index in [1.807, 2.05) is 61.7 Å². The molecule has 4 rings (SSSR count). The molecule has 0 aliphatic carbocycles. The molecular weight excluding hydrogens is 370 g/mol. The monoisotopic (exact) mass is 389 g/mol. The van der Waals surface area contributed by atoms with Gasteiger partial charge >= 0.3 is 0 Å². The van der Waals surface area contributed by atoms with E-state index >= 15 is 0 Å². The lowest BCUT2D eigenvalue weighted by Gasteiger charge is -2.12. The molecule has 1 aromatic carbocycles. The second kappa shape index (κ2) is 7.74. The van der Waals surface area contributed by atoms with Gasteiger partial charge in [0.25, 0.3) is 5.56 Å². The minimum Gasteiger partial charge on any atom is -0.339 e. The first kappa shape index (κ1) is 18.1. The number of pyridine rings is 3. The van der Waals surface area contributed by atoms with Crippen molar-refractivity contribution in [1.82, 2.24) is 15.0 Å². The molecule has 0 bridgehead atoms. The van der Waals surface area contributed by atoms with E-state index in [1.54, 1.807) is 24.2 Å². The zero-order chi connectivity index (χ0) is 19.5. The van der Waals surface area contributed by atoms with Gasteiger partial charge in [-0.25, -0.2) is 9.97 Å². The topological polar surface area (TPSA) is 82.7 Å². The van der Waals surface area contributed by atoms with Crippen LogP contribution in [0.1, 0.15) is 5.56 Å². The molecule has 7 heteroatoms. The molecule has 0 fully saturated rings. The number of thioether (sulfide) groups is 1.